The van der Waals surface area contributed by atoms with Crippen LogP contribution in [0.15, 0.2) is 64.1 Å². The Morgan fingerprint density at radius 3 is 2.11 bits per heavy atom. The fourth-order valence-electron chi connectivity index (χ4n) is 5.14. The summed E-state index contributed by atoms with van der Waals surface area (Å²) >= 11 is 13.8. The molecular weight excluding hydrogens is 505 g/mol. The summed E-state index contributed by atoms with van der Waals surface area (Å²) in [5.74, 6) is -0.150. The SMILES string of the molecule is CC(C)C1=C(C(=O)N2C[C@@H](O)[C@@H](O)C2)SC2=N[C@@](C)(c3ccc(Cl)cc3)[C@@H](c3ccc(Cl)cc3)N21. The number of benzene rings is 2. The van der Waals surface area contributed by atoms with Gasteiger partial charge in [-0.1, -0.05) is 61.3 Å². The van der Waals surface area contributed by atoms with Gasteiger partial charge in [-0.15, -0.1) is 0 Å². The molecule has 4 atom stereocenters. The molecule has 35 heavy (non-hydrogen) atoms. The molecule has 3 aliphatic heterocycles. The Kier molecular flexibility index (Phi) is 6.43. The largest absolute Gasteiger partial charge is 0.388 e. The number of amides is 1. The molecule has 0 bridgehead atoms. The van der Waals surface area contributed by atoms with Crippen LogP contribution in [0.4, 0.5) is 0 Å². The topological polar surface area (TPSA) is 76.4 Å². The van der Waals surface area contributed by atoms with E-state index >= 15 is 0 Å². The third-order valence-electron chi connectivity index (χ3n) is 6.91. The van der Waals surface area contributed by atoms with Crippen LogP contribution < -0.4 is 0 Å². The highest BCUT2D eigenvalue weighted by molar-refractivity contribution is 8.18. The van der Waals surface area contributed by atoms with E-state index < -0.39 is 17.7 Å². The van der Waals surface area contributed by atoms with Gasteiger partial charge in [0.15, 0.2) is 5.17 Å². The van der Waals surface area contributed by atoms with Gasteiger partial charge in [0.2, 0.25) is 0 Å². The third-order valence-corrected chi connectivity index (χ3v) is 8.47. The maximum atomic E-state index is 13.6. The molecule has 9 heteroatoms. The number of halogens is 2. The van der Waals surface area contributed by atoms with Crippen molar-refractivity contribution in [3.63, 3.8) is 0 Å². The lowest BCUT2D eigenvalue weighted by atomic mass is 9.81. The number of thioether (sulfide) groups is 1. The molecule has 2 aromatic rings. The van der Waals surface area contributed by atoms with Gasteiger partial charge < -0.3 is 20.0 Å². The number of allylic oxidation sites excluding steroid dienone is 1. The first kappa shape index (κ1) is 24.7. The quantitative estimate of drug-likeness (QED) is 0.592. The molecule has 0 aromatic heterocycles. The van der Waals surface area contributed by atoms with Crippen LogP contribution in [-0.4, -0.2) is 56.4 Å². The van der Waals surface area contributed by atoms with Gasteiger partial charge in [0.1, 0.15) is 10.4 Å². The molecule has 184 valence electrons. The molecule has 1 fully saturated rings. The number of fused-ring (bicyclic) bond motifs is 1. The second-order valence-corrected chi connectivity index (χ2v) is 11.5. The number of amidine groups is 1. The molecular formula is C26H27Cl2N3O3S. The Morgan fingerprint density at radius 2 is 1.57 bits per heavy atom. The van der Waals surface area contributed by atoms with E-state index in [1.54, 1.807) is 0 Å². The number of rotatable bonds is 4. The predicted octanol–water partition coefficient (Wildman–Crippen LogP) is 4.80. The average Bonchev–Trinajstić information content (AvgIpc) is 3.43. The Balaban J connectivity index is 1.62. The molecule has 2 N–H and O–H groups in total. The van der Waals surface area contributed by atoms with Crippen molar-refractivity contribution in [1.82, 2.24) is 9.80 Å². The highest BCUT2D eigenvalue weighted by Crippen LogP contribution is 2.56. The Labute approximate surface area is 219 Å². The van der Waals surface area contributed by atoms with Crippen molar-refractivity contribution in [2.24, 2.45) is 10.9 Å². The van der Waals surface area contributed by atoms with Gasteiger partial charge in [-0.3, -0.25) is 4.79 Å². The number of likely N-dealkylation sites (tertiary alicyclic amines) is 1. The lowest BCUT2D eigenvalue weighted by Crippen LogP contribution is -2.36. The van der Waals surface area contributed by atoms with E-state index in [0.717, 1.165) is 22.0 Å². The molecule has 3 aliphatic rings. The second-order valence-electron chi connectivity index (χ2n) is 9.69. The zero-order valence-electron chi connectivity index (χ0n) is 19.7. The van der Waals surface area contributed by atoms with Crippen LogP contribution in [0.5, 0.6) is 0 Å². The van der Waals surface area contributed by atoms with Gasteiger partial charge in [-0.05, 0) is 60.0 Å². The number of aliphatic hydroxyl groups is 2. The molecule has 1 saturated heterocycles. The molecule has 2 aromatic carbocycles. The Hall–Kier alpha value is -2.03. The first-order chi connectivity index (χ1) is 16.6. The Bertz CT molecular complexity index is 1210. The van der Waals surface area contributed by atoms with E-state index in [2.05, 4.69) is 25.7 Å². The summed E-state index contributed by atoms with van der Waals surface area (Å²) in [6.45, 7) is 6.47. The molecule has 1 amide bonds. The summed E-state index contributed by atoms with van der Waals surface area (Å²) in [6.07, 6.45) is -1.86. The van der Waals surface area contributed by atoms with Crippen LogP contribution in [0, 0.1) is 5.92 Å². The van der Waals surface area contributed by atoms with E-state index in [1.165, 1.54) is 16.7 Å². The van der Waals surface area contributed by atoms with Gasteiger partial charge in [0.05, 0.1) is 18.2 Å². The highest BCUT2D eigenvalue weighted by Gasteiger charge is 2.53. The van der Waals surface area contributed by atoms with E-state index in [4.69, 9.17) is 28.2 Å². The molecule has 3 heterocycles. The number of hydrogen-bond donors (Lipinski definition) is 2. The minimum atomic E-state index is -0.930. The van der Waals surface area contributed by atoms with Gasteiger partial charge in [0, 0.05) is 28.8 Å². The maximum absolute atomic E-state index is 13.6. The molecule has 6 nitrogen and oxygen atoms in total. The number of nitrogens with zero attached hydrogens (tertiary/aromatic N) is 3. The van der Waals surface area contributed by atoms with Crippen LogP contribution in [0.2, 0.25) is 10.0 Å². The summed E-state index contributed by atoms with van der Waals surface area (Å²) < 4.78 is 0. The zero-order chi connectivity index (χ0) is 25.1. The molecule has 0 radical (unpaired) electrons. The fourth-order valence-corrected chi connectivity index (χ4v) is 6.77. The second kappa shape index (κ2) is 9.12. The minimum Gasteiger partial charge on any atom is -0.388 e. The maximum Gasteiger partial charge on any atom is 0.262 e. The van der Waals surface area contributed by atoms with Crippen molar-refractivity contribution in [2.75, 3.05) is 13.1 Å². The van der Waals surface area contributed by atoms with Gasteiger partial charge in [-0.2, -0.15) is 0 Å². The zero-order valence-corrected chi connectivity index (χ0v) is 22.0. The Morgan fingerprint density at radius 1 is 1.03 bits per heavy atom. The molecule has 0 saturated carbocycles. The number of β-amino-alcohol motifs (C(OH)–C–C–N with tert-alkyl or cyclic N) is 2. The summed E-state index contributed by atoms with van der Waals surface area (Å²) in [5.41, 5.74) is 2.32. The lowest BCUT2D eigenvalue weighted by Gasteiger charge is -2.37. The van der Waals surface area contributed by atoms with Crippen LogP contribution in [-0.2, 0) is 10.3 Å². The number of hydrogen-bond acceptors (Lipinski definition) is 6. The van der Waals surface area contributed by atoms with Crippen molar-refractivity contribution in [1.29, 1.82) is 0 Å². The monoisotopic (exact) mass is 531 g/mol. The van der Waals surface area contributed by atoms with Crippen molar-refractivity contribution >= 4 is 46.0 Å². The van der Waals surface area contributed by atoms with Gasteiger partial charge in [0.25, 0.3) is 5.91 Å². The summed E-state index contributed by atoms with van der Waals surface area (Å²) in [6, 6.07) is 15.3. The van der Waals surface area contributed by atoms with E-state index in [9.17, 15) is 15.0 Å². The molecule has 0 spiro atoms. The van der Waals surface area contributed by atoms with Crippen molar-refractivity contribution in [2.45, 2.75) is 44.6 Å². The van der Waals surface area contributed by atoms with Gasteiger partial charge >= 0.3 is 0 Å². The smallest absolute Gasteiger partial charge is 0.262 e. The van der Waals surface area contributed by atoms with E-state index in [0.29, 0.717) is 15.0 Å². The standard InChI is InChI=1S/C26H27Cl2N3O3S/c1-14(2)21-22(24(34)30-12-19(32)20(33)13-30)35-25-29-26(3,16-6-10-18(28)11-7-16)23(31(21)25)15-4-8-17(27)9-5-15/h4-11,14,19-20,23,32-33H,12-13H2,1-3H3/t19-,20+,23-,26+/m1/s1. The summed E-state index contributed by atoms with van der Waals surface area (Å²) in [7, 11) is 0. The van der Waals surface area contributed by atoms with Crippen molar-refractivity contribution in [3.05, 3.63) is 80.3 Å². The summed E-state index contributed by atoms with van der Waals surface area (Å²) in [5, 5.41) is 22.1. The normalized spacial score (nSPS) is 28.2. The minimum absolute atomic E-state index is 0.0361. The van der Waals surface area contributed by atoms with Gasteiger partial charge in [-0.25, -0.2) is 4.99 Å². The van der Waals surface area contributed by atoms with Crippen LogP contribution in [0.1, 0.15) is 37.9 Å². The number of aliphatic imine (C=N–C) groups is 1. The van der Waals surface area contributed by atoms with Crippen molar-refractivity contribution in [3.8, 4) is 0 Å². The molecule has 0 unspecified atom stereocenters. The molecule has 0 aliphatic carbocycles. The average molecular weight is 532 g/mol. The summed E-state index contributed by atoms with van der Waals surface area (Å²) in [4.78, 5) is 23.1. The number of carbonyl (C=O) groups excluding carboxylic acids is 1. The van der Waals surface area contributed by atoms with E-state index in [1.807, 2.05) is 48.5 Å². The lowest BCUT2D eigenvalue weighted by molar-refractivity contribution is -0.126. The number of carbonyl (C=O) groups is 1. The fraction of sp³-hybridized carbons (Fsp3) is 0.385. The number of aliphatic hydroxyl groups excluding tert-OH is 2. The first-order valence-electron chi connectivity index (χ1n) is 11.6. The molecule has 5 rings (SSSR count). The van der Waals surface area contributed by atoms with E-state index in [-0.39, 0.29) is 31.0 Å². The highest BCUT2D eigenvalue weighted by atomic mass is 35.5. The first-order valence-corrected chi connectivity index (χ1v) is 13.2. The van der Waals surface area contributed by atoms with Crippen LogP contribution >= 0.6 is 35.0 Å². The predicted molar refractivity (Wildman–Crippen MR) is 140 cm³/mol. The van der Waals surface area contributed by atoms with Crippen LogP contribution in [0.3, 0.4) is 0 Å². The van der Waals surface area contributed by atoms with Crippen LogP contribution in [0.25, 0.3) is 0 Å². The third kappa shape index (κ3) is 4.17. The van der Waals surface area contributed by atoms with Crippen molar-refractivity contribution < 1.29 is 15.0 Å².